The molecular formula is C11H12BrN3O3S. The summed E-state index contributed by atoms with van der Waals surface area (Å²) in [6.07, 6.45) is -0.713. The second-order valence-corrected chi connectivity index (χ2v) is 4.75. The largest absolute Gasteiger partial charge is 0.452 e. The van der Waals surface area contributed by atoms with E-state index in [-0.39, 0.29) is 11.0 Å². The molecule has 0 heterocycles. The number of methoxy groups -OCH3 is 1. The van der Waals surface area contributed by atoms with Crippen molar-refractivity contribution in [2.45, 2.75) is 6.92 Å². The Labute approximate surface area is 124 Å². The lowest BCUT2D eigenvalue weighted by Gasteiger charge is -2.10. The van der Waals surface area contributed by atoms with E-state index in [1.165, 1.54) is 7.11 Å². The summed E-state index contributed by atoms with van der Waals surface area (Å²) >= 11 is 8.17. The van der Waals surface area contributed by atoms with Crippen molar-refractivity contribution in [1.82, 2.24) is 16.2 Å². The molecule has 19 heavy (non-hydrogen) atoms. The molecule has 8 heteroatoms. The Hall–Kier alpha value is -1.67. The summed E-state index contributed by atoms with van der Waals surface area (Å²) in [5, 5.41) is 2.38. The maximum absolute atomic E-state index is 11.8. The van der Waals surface area contributed by atoms with Gasteiger partial charge in [0, 0.05) is 10.0 Å². The number of ether oxygens (including phenoxy) is 1. The molecule has 0 spiro atoms. The Morgan fingerprint density at radius 1 is 1.32 bits per heavy atom. The van der Waals surface area contributed by atoms with Gasteiger partial charge in [-0.05, 0) is 36.8 Å². The quantitative estimate of drug-likeness (QED) is 0.532. The minimum atomic E-state index is -0.713. The van der Waals surface area contributed by atoms with Crippen LogP contribution in [0.3, 0.4) is 0 Å². The fourth-order valence-corrected chi connectivity index (χ4v) is 1.62. The average molecular weight is 346 g/mol. The van der Waals surface area contributed by atoms with Gasteiger partial charge in [-0.1, -0.05) is 22.0 Å². The normalized spacial score (nSPS) is 9.42. The number of amides is 2. The maximum Gasteiger partial charge on any atom is 0.425 e. The van der Waals surface area contributed by atoms with Crippen LogP contribution in [0.15, 0.2) is 22.7 Å². The number of nitrogens with one attached hydrogen (secondary N) is 3. The number of hydrazine groups is 1. The van der Waals surface area contributed by atoms with Crippen LogP contribution < -0.4 is 16.2 Å². The minimum Gasteiger partial charge on any atom is -0.452 e. The summed E-state index contributed by atoms with van der Waals surface area (Å²) in [6.45, 7) is 1.91. The number of carbonyl (C=O) groups excluding carboxylic acids is 2. The number of halogens is 1. The highest BCUT2D eigenvalue weighted by Crippen LogP contribution is 2.17. The van der Waals surface area contributed by atoms with E-state index in [4.69, 9.17) is 12.2 Å². The van der Waals surface area contributed by atoms with Crippen LogP contribution in [-0.2, 0) is 4.74 Å². The first-order valence-electron chi connectivity index (χ1n) is 5.15. The van der Waals surface area contributed by atoms with Gasteiger partial charge in [0.1, 0.15) is 0 Å². The van der Waals surface area contributed by atoms with Gasteiger partial charge in [-0.25, -0.2) is 10.2 Å². The monoisotopic (exact) mass is 345 g/mol. The van der Waals surface area contributed by atoms with Gasteiger partial charge >= 0.3 is 6.09 Å². The number of hydrogen-bond donors (Lipinski definition) is 3. The summed E-state index contributed by atoms with van der Waals surface area (Å²) in [4.78, 5) is 22.6. The van der Waals surface area contributed by atoms with Crippen molar-refractivity contribution in [3.63, 3.8) is 0 Å². The molecule has 0 aromatic heterocycles. The first-order chi connectivity index (χ1) is 8.93. The highest BCUT2D eigenvalue weighted by molar-refractivity contribution is 9.10. The number of benzene rings is 1. The first-order valence-corrected chi connectivity index (χ1v) is 6.35. The van der Waals surface area contributed by atoms with Crippen molar-refractivity contribution in [2.75, 3.05) is 7.11 Å². The van der Waals surface area contributed by atoms with Gasteiger partial charge in [0.15, 0.2) is 5.11 Å². The lowest BCUT2D eigenvalue weighted by atomic mass is 10.1. The predicted molar refractivity (Wildman–Crippen MR) is 77.6 cm³/mol. The zero-order chi connectivity index (χ0) is 14.4. The van der Waals surface area contributed by atoms with E-state index in [2.05, 4.69) is 36.8 Å². The molecule has 0 fully saturated rings. The first kappa shape index (κ1) is 15.4. The Balaban J connectivity index is 2.57. The molecule has 0 saturated heterocycles. The van der Waals surface area contributed by atoms with Gasteiger partial charge in [-0.3, -0.25) is 15.5 Å². The van der Waals surface area contributed by atoms with Crippen molar-refractivity contribution in [3.8, 4) is 0 Å². The summed E-state index contributed by atoms with van der Waals surface area (Å²) in [6, 6.07) is 5.16. The second kappa shape index (κ2) is 7.05. The molecule has 102 valence electrons. The summed E-state index contributed by atoms with van der Waals surface area (Å²) in [5.41, 5.74) is 5.92. The van der Waals surface area contributed by atoms with Gasteiger partial charge in [0.05, 0.1) is 7.11 Å². The third-order valence-electron chi connectivity index (χ3n) is 2.12. The van der Waals surface area contributed by atoms with Gasteiger partial charge in [0.2, 0.25) is 0 Å². The molecule has 2 amide bonds. The summed E-state index contributed by atoms with van der Waals surface area (Å²) in [7, 11) is 1.21. The van der Waals surface area contributed by atoms with Crippen LogP contribution in [-0.4, -0.2) is 24.2 Å². The third-order valence-corrected chi connectivity index (χ3v) is 3.18. The maximum atomic E-state index is 11.8. The van der Waals surface area contributed by atoms with Gasteiger partial charge in [-0.2, -0.15) is 0 Å². The van der Waals surface area contributed by atoms with Crippen LogP contribution in [0, 0.1) is 6.92 Å². The molecule has 1 aromatic carbocycles. The van der Waals surface area contributed by atoms with Crippen molar-refractivity contribution >= 4 is 45.3 Å². The molecule has 0 saturated carbocycles. The van der Waals surface area contributed by atoms with Gasteiger partial charge in [-0.15, -0.1) is 0 Å². The molecule has 0 atom stereocenters. The Bertz CT molecular complexity index is 522. The number of carbonyl (C=O) groups is 2. The van der Waals surface area contributed by atoms with Crippen molar-refractivity contribution < 1.29 is 14.3 Å². The van der Waals surface area contributed by atoms with Gasteiger partial charge < -0.3 is 4.74 Å². The van der Waals surface area contributed by atoms with E-state index in [1.54, 1.807) is 12.1 Å². The Kier molecular flexibility index (Phi) is 5.71. The topological polar surface area (TPSA) is 79.5 Å². The number of aryl methyl sites for hydroxylation is 1. The summed E-state index contributed by atoms with van der Waals surface area (Å²) < 4.78 is 5.15. The Morgan fingerprint density at radius 3 is 2.58 bits per heavy atom. The molecule has 1 aromatic rings. The van der Waals surface area contributed by atoms with Crippen LogP contribution in [0.5, 0.6) is 0 Å². The molecule has 3 N–H and O–H groups in total. The molecule has 0 radical (unpaired) electrons. The zero-order valence-electron chi connectivity index (χ0n) is 10.2. The average Bonchev–Trinajstić information content (AvgIpc) is 2.38. The van der Waals surface area contributed by atoms with Crippen LogP contribution in [0.2, 0.25) is 0 Å². The zero-order valence-corrected chi connectivity index (χ0v) is 12.6. The standard InChI is InChI=1S/C11H12BrN3O3S/c1-6-3-4-7(5-8(6)12)9(16)13-10(19)14-15-11(17)18-2/h3-5H,1-2H3,(H,15,17)(H2,13,14,16,19). The molecule has 0 unspecified atom stereocenters. The lowest BCUT2D eigenvalue weighted by Crippen LogP contribution is -2.48. The van der Waals surface area contributed by atoms with E-state index in [0.717, 1.165) is 10.0 Å². The van der Waals surface area contributed by atoms with E-state index in [9.17, 15) is 9.59 Å². The van der Waals surface area contributed by atoms with Crippen LogP contribution in [0.4, 0.5) is 4.79 Å². The Morgan fingerprint density at radius 2 is 2.00 bits per heavy atom. The fraction of sp³-hybridized carbons (Fsp3) is 0.182. The molecule has 1 rings (SSSR count). The van der Waals surface area contributed by atoms with Crippen molar-refractivity contribution in [2.24, 2.45) is 0 Å². The number of hydrogen-bond acceptors (Lipinski definition) is 4. The fourth-order valence-electron chi connectivity index (χ4n) is 1.10. The second-order valence-electron chi connectivity index (χ2n) is 3.49. The molecular weight excluding hydrogens is 334 g/mol. The van der Waals surface area contributed by atoms with Gasteiger partial charge in [0.25, 0.3) is 5.91 Å². The van der Waals surface area contributed by atoms with Crippen LogP contribution in [0.25, 0.3) is 0 Å². The minimum absolute atomic E-state index is 0.0351. The molecule has 0 bridgehead atoms. The van der Waals surface area contributed by atoms with E-state index in [1.807, 2.05) is 13.0 Å². The summed E-state index contributed by atoms with van der Waals surface area (Å²) in [5.74, 6) is -0.384. The lowest BCUT2D eigenvalue weighted by molar-refractivity contribution is 0.0975. The number of thiocarbonyl (C=S) groups is 1. The molecule has 0 aliphatic rings. The van der Waals surface area contributed by atoms with E-state index in [0.29, 0.717) is 5.56 Å². The highest BCUT2D eigenvalue weighted by Gasteiger charge is 2.09. The molecule has 6 nitrogen and oxygen atoms in total. The van der Waals surface area contributed by atoms with Crippen LogP contribution >= 0.6 is 28.1 Å². The van der Waals surface area contributed by atoms with Crippen LogP contribution in [0.1, 0.15) is 15.9 Å². The van der Waals surface area contributed by atoms with Crippen molar-refractivity contribution in [1.29, 1.82) is 0 Å². The SMILES string of the molecule is COC(=O)NNC(=S)NC(=O)c1ccc(C)c(Br)c1. The predicted octanol–water partition coefficient (Wildman–Crippen LogP) is 1.63. The highest BCUT2D eigenvalue weighted by atomic mass is 79.9. The molecule has 0 aliphatic heterocycles. The van der Waals surface area contributed by atoms with Crippen molar-refractivity contribution in [3.05, 3.63) is 33.8 Å². The number of rotatable bonds is 1. The third kappa shape index (κ3) is 4.84. The molecule has 0 aliphatic carbocycles. The van der Waals surface area contributed by atoms with E-state index >= 15 is 0 Å². The smallest absolute Gasteiger partial charge is 0.425 e. The van der Waals surface area contributed by atoms with E-state index < -0.39 is 6.09 Å².